The van der Waals surface area contributed by atoms with E-state index >= 15 is 0 Å². The number of rotatable bonds is 50. The molecule has 0 amide bonds. The van der Waals surface area contributed by atoms with Crippen molar-refractivity contribution in [1.29, 1.82) is 0 Å². The number of hydrogen-bond acceptors (Lipinski definition) is 9. The van der Waals surface area contributed by atoms with Crippen molar-refractivity contribution in [1.82, 2.24) is 0 Å². The average Bonchev–Trinajstić information content (AvgIpc) is 1.61. The zero-order valence-electron chi connectivity index (χ0n) is 94.4. The molecule has 142 heavy (non-hydrogen) atoms. The van der Waals surface area contributed by atoms with E-state index < -0.39 is 43.8 Å². The smallest absolute Gasteiger partial charge is 0.411 e. The summed E-state index contributed by atoms with van der Waals surface area (Å²) in [4.78, 5) is 0. The molecule has 3 aliphatic rings. The van der Waals surface area contributed by atoms with Gasteiger partial charge in [-0.2, -0.15) is 39.5 Å². The summed E-state index contributed by atoms with van der Waals surface area (Å²) >= 11 is 0. The first-order valence-electron chi connectivity index (χ1n) is 55.4. The van der Waals surface area contributed by atoms with Gasteiger partial charge in [0.05, 0.1) is 81.9 Å². The molecule has 6 aromatic rings. The second kappa shape index (κ2) is 68.8. The highest BCUT2D eigenvalue weighted by molar-refractivity contribution is 5.88. The van der Waals surface area contributed by atoms with Gasteiger partial charge in [0.1, 0.15) is 31.3 Å². The van der Waals surface area contributed by atoms with Crippen LogP contribution < -0.4 is 9.47 Å². The van der Waals surface area contributed by atoms with Crippen LogP contribution in [0, 0.1) is 75.9 Å². The van der Waals surface area contributed by atoms with E-state index in [1.54, 1.807) is 6.92 Å². The minimum absolute atomic E-state index is 0.249. The Labute approximate surface area is 860 Å². The molecule has 814 valence electrons. The lowest BCUT2D eigenvalue weighted by Crippen LogP contribution is -2.40. The Hall–Kier alpha value is -5.73. The van der Waals surface area contributed by atoms with Gasteiger partial charge < -0.3 is 42.6 Å². The molecule has 0 aromatic heterocycles. The van der Waals surface area contributed by atoms with E-state index in [-0.39, 0.29) is 29.0 Å². The summed E-state index contributed by atoms with van der Waals surface area (Å²) in [5, 5.41) is 2.38. The highest BCUT2D eigenvalue weighted by Crippen LogP contribution is 2.49. The van der Waals surface area contributed by atoms with E-state index in [1.807, 2.05) is 52.0 Å². The normalized spacial score (nSPS) is 16.2. The summed E-state index contributed by atoms with van der Waals surface area (Å²) in [6.07, 6.45) is 16.1. The Balaban J connectivity index is 0.000000437. The number of benzene rings is 6. The van der Waals surface area contributed by atoms with Crippen molar-refractivity contribution in [3.05, 3.63) is 167 Å². The largest absolute Gasteiger partial charge is 0.491 e. The Bertz CT molecular complexity index is 4030. The maximum absolute atomic E-state index is 12.3. The molecule has 0 bridgehead atoms. The third kappa shape index (κ3) is 53.9. The van der Waals surface area contributed by atoms with E-state index in [1.165, 1.54) is 166 Å². The van der Waals surface area contributed by atoms with Gasteiger partial charge in [-0.05, 0) is 265 Å². The monoisotopic (exact) mass is 2010 g/mol. The van der Waals surface area contributed by atoms with Crippen LogP contribution in [0.5, 0.6) is 11.5 Å². The van der Waals surface area contributed by atoms with Gasteiger partial charge in [-0.1, -0.05) is 369 Å². The fourth-order valence-corrected chi connectivity index (χ4v) is 20.7. The molecule has 0 saturated heterocycles. The molecule has 0 N–H and O–H groups in total. The van der Waals surface area contributed by atoms with Crippen molar-refractivity contribution in [2.45, 2.75) is 460 Å². The fourth-order valence-electron chi connectivity index (χ4n) is 20.7. The van der Waals surface area contributed by atoms with Crippen LogP contribution in [0.4, 0.5) is 39.5 Å². The van der Waals surface area contributed by atoms with Crippen molar-refractivity contribution in [3.8, 4) is 22.6 Å². The molecule has 3 aliphatic carbocycles. The van der Waals surface area contributed by atoms with Crippen LogP contribution in [-0.4, -0.2) is 114 Å². The van der Waals surface area contributed by atoms with Gasteiger partial charge in [0, 0.05) is 11.3 Å². The summed E-state index contributed by atoms with van der Waals surface area (Å²) in [5.74, 6) is 6.88. The molecule has 10 atom stereocenters. The number of hydrogen-bond donors (Lipinski definition) is 0. The van der Waals surface area contributed by atoms with E-state index in [9.17, 15) is 39.5 Å². The highest BCUT2D eigenvalue weighted by Gasteiger charge is 2.57. The lowest BCUT2D eigenvalue weighted by molar-refractivity contribution is -0.296. The van der Waals surface area contributed by atoms with E-state index in [0.717, 1.165) is 92.5 Å². The summed E-state index contributed by atoms with van der Waals surface area (Å²) in [7, 11) is 0. The van der Waals surface area contributed by atoms with Gasteiger partial charge >= 0.3 is 18.5 Å². The molecular formula is C124H201F9O9. The van der Waals surface area contributed by atoms with Gasteiger partial charge in [0.15, 0.2) is 5.92 Å². The van der Waals surface area contributed by atoms with Gasteiger partial charge in [-0.25, -0.2) is 0 Å². The molecule has 9 rings (SSSR count). The van der Waals surface area contributed by atoms with Crippen LogP contribution in [-0.2, 0) is 39.8 Å². The van der Waals surface area contributed by atoms with Gasteiger partial charge in [0.2, 0.25) is 0 Å². The zero-order chi connectivity index (χ0) is 107. The predicted octanol–water partition coefficient (Wildman–Crippen LogP) is 38.3. The molecular weight excluding hydrogens is 1800 g/mol. The molecule has 18 heteroatoms. The van der Waals surface area contributed by atoms with Crippen LogP contribution in [0.3, 0.4) is 0 Å². The molecule has 0 radical (unpaired) electrons. The number of unbranched alkanes of at least 4 members (excludes halogenated alkanes) is 2. The van der Waals surface area contributed by atoms with Crippen LogP contribution >= 0.6 is 0 Å². The van der Waals surface area contributed by atoms with Crippen molar-refractivity contribution in [2.75, 3.05) is 46.2 Å². The first-order valence-corrected chi connectivity index (χ1v) is 55.4. The number of para-hydroxylation sites is 1. The molecule has 9 nitrogen and oxygen atoms in total. The maximum Gasteiger partial charge on any atom is 0.411 e. The number of alkyl halides is 9. The standard InChI is InChI=1S/C32H54O2.C22H28O.C21H30O2.C17H28O.C12H20F6O.C12H26O.C8H15F3O/c1-24(23-29(31(2,3)4)32(5,6)7)33-21-22-34-30-27(25-15-10-8-11-16-25)19-14-20-28(30)26-17-12-9-13-18-26;1-15(2)16(3)13-17(4)23-14-22-20-11-7-5-9-18(20)19-10-6-8-12-21(19)22;1-4-5-9-17(2)16-18(3)22-14-15-23-21-13-8-11-19-10-6-7-12-20(19)21;1-13(2)17(14(3)4)11-15(5)18-12-16-9-7-6-8-10-16;1-4-9(5-2)6-8(3)19-7-10(11(13,14)15)12(16,17)18;1-6-7-8-11(4)9-12(5)13-10(2)3;1-6(2)4-7(3)12-5-8(9,10)11/h14,19-20,24-26,29H,8-13,15-18,21-23H2,1-7H3;5-12,15-17,22H,13-14H2,1-4H3;6-8,10-13,17-18H,4-5,9,14-16H2,1-3H3;6-10,13-15,17H,11-12H2,1-5H3;8-10H,4-7H2,1-3H3;10-12H,6-9H2,1-5H3;6-7H,4-5H2,1-3H3. The van der Waals surface area contributed by atoms with Gasteiger partial charge in [0.25, 0.3) is 0 Å². The summed E-state index contributed by atoms with van der Waals surface area (Å²) in [6, 6.07) is 49.4. The first-order chi connectivity index (χ1) is 66.7. The second-order valence-electron chi connectivity index (χ2n) is 45.8. The number of halogens is 9. The lowest BCUT2D eigenvalue weighted by Gasteiger charge is -2.42. The third-order valence-corrected chi connectivity index (χ3v) is 28.7. The van der Waals surface area contributed by atoms with Crippen molar-refractivity contribution >= 4 is 10.8 Å². The van der Waals surface area contributed by atoms with Crippen molar-refractivity contribution < 1.29 is 82.1 Å². The topological polar surface area (TPSA) is 83.1 Å². The quantitative estimate of drug-likeness (QED) is 0.0274. The maximum atomic E-state index is 12.3. The minimum atomic E-state index is -5.33. The second-order valence-corrected chi connectivity index (χ2v) is 45.8. The van der Waals surface area contributed by atoms with E-state index in [2.05, 4.69) is 286 Å². The van der Waals surface area contributed by atoms with Crippen molar-refractivity contribution in [2.24, 2.45) is 75.9 Å². The van der Waals surface area contributed by atoms with Gasteiger partial charge in [-0.15, -0.1) is 0 Å². The number of fused-ring (bicyclic) bond motifs is 4. The average molecular weight is 2010 g/mol. The van der Waals surface area contributed by atoms with Crippen LogP contribution in [0.2, 0.25) is 0 Å². The lowest BCUT2D eigenvalue weighted by atomic mass is 9.64. The molecule has 2 fully saturated rings. The molecule has 6 aromatic carbocycles. The van der Waals surface area contributed by atoms with E-state index in [4.69, 9.17) is 37.9 Å². The summed E-state index contributed by atoms with van der Waals surface area (Å²) in [6.45, 7) is 67.2. The Morgan fingerprint density at radius 1 is 0.366 bits per heavy atom. The summed E-state index contributed by atoms with van der Waals surface area (Å²) in [5.41, 5.74) is 10.4. The molecule has 0 aliphatic heterocycles. The number of ether oxygens (including phenoxy) is 9. The molecule has 0 heterocycles. The fraction of sp³-hybridized carbons (Fsp3) is 0.726. The predicted molar refractivity (Wildman–Crippen MR) is 580 cm³/mol. The Kier molecular flexibility index (Phi) is 63.2. The first kappa shape index (κ1) is 130. The molecule has 0 spiro atoms. The molecule has 2 saturated carbocycles. The zero-order valence-corrected chi connectivity index (χ0v) is 94.4. The van der Waals surface area contributed by atoms with Crippen LogP contribution in [0.1, 0.15) is 414 Å². The highest BCUT2D eigenvalue weighted by atomic mass is 19.4. The van der Waals surface area contributed by atoms with E-state index in [0.29, 0.717) is 111 Å². The summed E-state index contributed by atoms with van der Waals surface area (Å²) < 4.78 is 161. The molecule has 10 unspecified atom stereocenters. The van der Waals surface area contributed by atoms with Crippen molar-refractivity contribution in [3.63, 3.8) is 0 Å². The third-order valence-electron chi connectivity index (χ3n) is 28.7. The Morgan fingerprint density at radius 3 is 1.26 bits per heavy atom. The van der Waals surface area contributed by atoms with Crippen LogP contribution in [0.25, 0.3) is 21.9 Å². The minimum Gasteiger partial charge on any atom is -0.491 e. The van der Waals surface area contributed by atoms with Gasteiger partial charge in [-0.3, -0.25) is 0 Å². The Morgan fingerprint density at radius 2 is 0.796 bits per heavy atom. The SMILES string of the molecule is CC(C)CC(C)OCC(F)(F)F.CC(CC(C(C)(C)C)C(C)(C)C)OCCOc1c(C2CCCCC2)cccc1C1CCCCC1.CC(CC(C(C)C)C(C)C)OCc1ccccc1.CC(CC(C)C(C)C)OCC1c2ccccc2-c2ccccc21.CCC(CC)CC(C)OCC(C(F)(F)F)C(F)(F)F.CCCCC(C)CC(C)OC(C)C.CCCCC(C)CC(C)OCCOc1cccc2ccccc12. The van der Waals surface area contributed by atoms with Crippen LogP contribution in [0.15, 0.2) is 140 Å².